The Labute approximate surface area is 108 Å². The molecule has 0 saturated carbocycles. The first-order valence-corrected chi connectivity index (χ1v) is 6.48. The molecule has 6 nitrogen and oxygen atoms in total. The van der Waals surface area contributed by atoms with Crippen molar-refractivity contribution in [2.24, 2.45) is 0 Å². The number of hydrogen-bond acceptors (Lipinski definition) is 3. The average molecular weight is 260 g/mol. The van der Waals surface area contributed by atoms with Gasteiger partial charge < -0.3 is 20.5 Å². The van der Waals surface area contributed by atoms with E-state index in [0.29, 0.717) is 26.1 Å². The smallest absolute Gasteiger partial charge is 0.314 e. The molecule has 0 aliphatic heterocycles. The summed E-state index contributed by atoms with van der Waals surface area (Å²) in [6.07, 6.45) is 3.50. The van der Waals surface area contributed by atoms with E-state index in [1.165, 1.54) is 0 Å². The van der Waals surface area contributed by atoms with Crippen molar-refractivity contribution >= 4 is 12.0 Å². The number of carbonyl (C=O) groups excluding carboxylic acids is 1. The molecule has 0 atom stereocenters. The van der Waals surface area contributed by atoms with Crippen LogP contribution in [-0.4, -0.2) is 43.4 Å². The van der Waals surface area contributed by atoms with Gasteiger partial charge in [-0.1, -0.05) is 13.3 Å². The van der Waals surface area contributed by atoms with Crippen molar-refractivity contribution in [2.75, 3.05) is 26.3 Å². The normalized spacial score (nSPS) is 10.1. The molecular weight excluding hydrogens is 236 g/mol. The molecule has 0 aromatic rings. The predicted molar refractivity (Wildman–Crippen MR) is 68.6 cm³/mol. The molecule has 0 radical (unpaired) electrons. The average Bonchev–Trinajstić information content (AvgIpc) is 2.33. The summed E-state index contributed by atoms with van der Waals surface area (Å²) in [7, 11) is 0. The van der Waals surface area contributed by atoms with Gasteiger partial charge in [0.25, 0.3) is 0 Å². The van der Waals surface area contributed by atoms with Crippen molar-refractivity contribution < 1.29 is 19.4 Å². The Morgan fingerprint density at radius 2 is 1.67 bits per heavy atom. The van der Waals surface area contributed by atoms with Crippen molar-refractivity contribution in [3.05, 3.63) is 0 Å². The van der Waals surface area contributed by atoms with Crippen LogP contribution in [0.15, 0.2) is 0 Å². The van der Waals surface area contributed by atoms with Crippen LogP contribution in [0.4, 0.5) is 4.79 Å². The number of hydrogen-bond donors (Lipinski definition) is 3. The summed E-state index contributed by atoms with van der Waals surface area (Å²) < 4.78 is 5.34. The second-order valence-electron chi connectivity index (χ2n) is 4.00. The minimum atomic E-state index is -0.846. The van der Waals surface area contributed by atoms with Crippen molar-refractivity contribution in [2.45, 2.75) is 39.0 Å². The third-order valence-corrected chi connectivity index (χ3v) is 2.25. The topological polar surface area (TPSA) is 87.7 Å². The minimum Gasteiger partial charge on any atom is -0.481 e. The first kappa shape index (κ1) is 16.7. The number of rotatable bonds is 11. The maximum atomic E-state index is 11.2. The van der Waals surface area contributed by atoms with E-state index in [-0.39, 0.29) is 12.5 Å². The summed E-state index contributed by atoms with van der Waals surface area (Å²) in [6, 6.07) is -0.256. The van der Waals surface area contributed by atoms with Gasteiger partial charge in [-0.05, 0) is 19.3 Å². The Bertz CT molecular complexity index is 234. The van der Waals surface area contributed by atoms with E-state index in [9.17, 15) is 9.59 Å². The zero-order valence-corrected chi connectivity index (χ0v) is 11.0. The molecule has 2 amide bonds. The molecule has 0 aromatic carbocycles. The summed E-state index contributed by atoms with van der Waals surface area (Å²) in [5.74, 6) is -0.846. The van der Waals surface area contributed by atoms with Gasteiger partial charge in [0.05, 0.1) is 0 Å². The highest BCUT2D eigenvalue weighted by atomic mass is 16.5. The van der Waals surface area contributed by atoms with E-state index < -0.39 is 5.97 Å². The van der Waals surface area contributed by atoms with Gasteiger partial charge in [-0.2, -0.15) is 0 Å². The first-order valence-electron chi connectivity index (χ1n) is 6.48. The fraction of sp³-hybridized carbons (Fsp3) is 0.833. The highest BCUT2D eigenvalue weighted by Crippen LogP contribution is 1.89. The first-order chi connectivity index (χ1) is 8.66. The second-order valence-corrected chi connectivity index (χ2v) is 4.00. The molecular formula is C12H24N2O4. The highest BCUT2D eigenvalue weighted by Gasteiger charge is 2.00. The lowest BCUT2D eigenvalue weighted by atomic mass is 10.3. The molecule has 0 spiro atoms. The van der Waals surface area contributed by atoms with Gasteiger partial charge in [0.1, 0.15) is 0 Å². The van der Waals surface area contributed by atoms with Crippen LogP contribution in [0.1, 0.15) is 39.0 Å². The Kier molecular flexibility index (Phi) is 11.3. The van der Waals surface area contributed by atoms with Gasteiger partial charge >= 0.3 is 12.0 Å². The van der Waals surface area contributed by atoms with Gasteiger partial charge in [-0.3, -0.25) is 4.79 Å². The third kappa shape index (κ3) is 12.8. The van der Waals surface area contributed by atoms with Crippen LogP contribution in [0.3, 0.4) is 0 Å². The molecule has 106 valence electrons. The number of ether oxygens (including phenoxy) is 1. The van der Waals surface area contributed by atoms with Crippen molar-refractivity contribution in [3.8, 4) is 0 Å². The molecule has 0 bridgehead atoms. The summed E-state index contributed by atoms with van der Waals surface area (Å²) in [5, 5.41) is 13.7. The largest absolute Gasteiger partial charge is 0.481 e. The quantitative estimate of drug-likeness (QED) is 0.489. The zero-order chi connectivity index (χ0) is 13.6. The molecule has 0 rings (SSSR count). The number of carboxylic acid groups (broad SMARTS) is 1. The molecule has 0 aliphatic rings. The van der Waals surface area contributed by atoms with Crippen molar-refractivity contribution in [1.82, 2.24) is 10.6 Å². The third-order valence-electron chi connectivity index (χ3n) is 2.25. The van der Waals surface area contributed by atoms with Crippen LogP contribution in [-0.2, 0) is 9.53 Å². The molecule has 18 heavy (non-hydrogen) atoms. The Balaban J connectivity index is 3.19. The van der Waals surface area contributed by atoms with Gasteiger partial charge in [0, 0.05) is 32.7 Å². The fourth-order valence-electron chi connectivity index (χ4n) is 1.23. The lowest BCUT2D eigenvalue weighted by Crippen LogP contribution is -2.36. The maximum absolute atomic E-state index is 11.2. The summed E-state index contributed by atoms with van der Waals surface area (Å²) in [5.41, 5.74) is 0. The fourth-order valence-corrected chi connectivity index (χ4v) is 1.23. The molecule has 0 saturated heterocycles. The zero-order valence-electron chi connectivity index (χ0n) is 11.0. The van der Waals surface area contributed by atoms with Crippen molar-refractivity contribution in [3.63, 3.8) is 0 Å². The molecule has 0 aliphatic carbocycles. The minimum absolute atomic E-state index is 0.0749. The molecule has 6 heteroatoms. The van der Waals surface area contributed by atoms with E-state index in [2.05, 4.69) is 17.6 Å². The predicted octanol–water partition coefficient (Wildman–Crippen LogP) is 1.36. The molecule has 0 fully saturated rings. The van der Waals surface area contributed by atoms with E-state index in [1.807, 2.05) is 0 Å². The Hall–Kier alpha value is -1.30. The van der Waals surface area contributed by atoms with Crippen LogP contribution in [0.2, 0.25) is 0 Å². The van der Waals surface area contributed by atoms with E-state index in [1.54, 1.807) is 0 Å². The number of unbranched alkanes of at least 4 members (excludes halogenated alkanes) is 1. The van der Waals surface area contributed by atoms with E-state index >= 15 is 0 Å². The SMILES string of the molecule is CCCCOCCCNC(=O)NCCCC(=O)O. The van der Waals surface area contributed by atoms with Crippen LogP contribution in [0.25, 0.3) is 0 Å². The number of aliphatic carboxylic acids is 1. The van der Waals surface area contributed by atoms with Gasteiger partial charge in [0.15, 0.2) is 0 Å². The number of carboxylic acids is 1. The summed E-state index contributed by atoms with van der Waals surface area (Å²) in [6.45, 7) is 4.48. The Morgan fingerprint density at radius 1 is 1.06 bits per heavy atom. The molecule has 0 unspecified atom stereocenters. The second kappa shape index (κ2) is 12.2. The maximum Gasteiger partial charge on any atom is 0.314 e. The van der Waals surface area contributed by atoms with Crippen LogP contribution >= 0.6 is 0 Å². The molecule has 3 N–H and O–H groups in total. The van der Waals surface area contributed by atoms with Crippen LogP contribution in [0.5, 0.6) is 0 Å². The lowest BCUT2D eigenvalue weighted by molar-refractivity contribution is -0.137. The van der Waals surface area contributed by atoms with Gasteiger partial charge in [-0.25, -0.2) is 4.79 Å². The standard InChI is InChI=1S/C12H24N2O4/c1-2-3-9-18-10-5-8-14-12(17)13-7-4-6-11(15)16/h2-10H2,1H3,(H,15,16)(H2,13,14,17). The lowest BCUT2D eigenvalue weighted by Gasteiger charge is -2.07. The number of urea groups is 1. The van der Waals surface area contributed by atoms with Gasteiger partial charge in [0.2, 0.25) is 0 Å². The highest BCUT2D eigenvalue weighted by molar-refractivity contribution is 5.73. The van der Waals surface area contributed by atoms with E-state index in [4.69, 9.17) is 9.84 Å². The number of nitrogens with one attached hydrogen (secondary N) is 2. The molecule has 0 heterocycles. The monoisotopic (exact) mass is 260 g/mol. The van der Waals surface area contributed by atoms with Crippen molar-refractivity contribution in [1.29, 1.82) is 0 Å². The Morgan fingerprint density at radius 3 is 2.28 bits per heavy atom. The summed E-state index contributed by atoms with van der Waals surface area (Å²) >= 11 is 0. The summed E-state index contributed by atoms with van der Waals surface area (Å²) in [4.78, 5) is 21.4. The van der Waals surface area contributed by atoms with Gasteiger partial charge in [-0.15, -0.1) is 0 Å². The van der Waals surface area contributed by atoms with E-state index in [0.717, 1.165) is 25.9 Å². The van der Waals surface area contributed by atoms with Crippen LogP contribution in [0, 0.1) is 0 Å². The molecule has 0 aromatic heterocycles. The van der Waals surface area contributed by atoms with Crippen LogP contribution < -0.4 is 10.6 Å². The number of carbonyl (C=O) groups is 2. The number of amides is 2.